The molecule has 2 nitrogen and oxygen atoms in total. The number of nitrogens with zero attached hydrogens (tertiary/aromatic N) is 1. The molecule has 0 saturated heterocycles. The Morgan fingerprint density at radius 3 is 2.21 bits per heavy atom. The van der Waals surface area contributed by atoms with Crippen molar-refractivity contribution in [1.29, 1.82) is 0 Å². The van der Waals surface area contributed by atoms with E-state index in [9.17, 15) is 5.11 Å². The summed E-state index contributed by atoms with van der Waals surface area (Å²) in [6.07, 6.45) is 11.4. The van der Waals surface area contributed by atoms with Crippen molar-refractivity contribution in [3.05, 3.63) is 23.9 Å². The molecule has 0 bridgehead atoms. The van der Waals surface area contributed by atoms with Gasteiger partial charge in [-0.15, -0.1) is 0 Å². The first-order valence-electron chi connectivity index (χ1n) is 7.93. The van der Waals surface area contributed by atoms with Crippen molar-refractivity contribution in [2.75, 3.05) is 0 Å². The minimum atomic E-state index is 0.159. The second kappa shape index (κ2) is 9.82. The molecule has 0 spiro atoms. The molecule has 1 aromatic rings. The number of aromatic hydroxyl groups is 1. The van der Waals surface area contributed by atoms with Crippen molar-refractivity contribution in [1.82, 2.24) is 4.98 Å². The number of unbranched alkanes of at least 4 members (excludes halogenated alkanes) is 5. The van der Waals surface area contributed by atoms with E-state index in [4.69, 9.17) is 0 Å². The van der Waals surface area contributed by atoms with Gasteiger partial charge in [0.25, 0.3) is 0 Å². The zero-order chi connectivity index (χ0) is 13.9. The van der Waals surface area contributed by atoms with E-state index in [2.05, 4.69) is 24.9 Å². The van der Waals surface area contributed by atoms with Gasteiger partial charge in [0.1, 0.15) is 0 Å². The molecule has 0 amide bonds. The van der Waals surface area contributed by atoms with Gasteiger partial charge in [0.2, 0.25) is 5.88 Å². The van der Waals surface area contributed by atoms with Crippen LogP contribution in [-0.4, -0.2) is 10.1 Å². The Bertz CT molecular complexity index is 338. The molecule has 0 aliphatic rings. The van der Waals surface area contributed by atoms with Gasteiger partial charge in [0.05, 0.1) is 0 Å². The summed E-state index contributed by atoms with van der Waals surface area (Å²) in [5, 5.41) is 9.53. The molecule has 2 heteroatoms. The monoisotopic (exact) mass is 263 g/mol. The van der Waals surface area contributed by atoms with Gasteiger partial charge in [0, 0.05) is 17.7 Å². The summed E-state index contributed by atoms with van der Waals surface area (Å²) in [6, 6.07) is 5.64. The van der Waals surface area contributed by atoms with Gasteiger partial charge in [-0.1, -0.05) is 64.9 Å². The standard InChI is InChI=1S/C17H29NO/c1-3-5-7-9-12-15(11-8-6-4-2)16-13-10-14-17(19)18-16/h10,13-15H,3-9,11-12H2,1-2H3,(H,18,19). The van der Waals surface area contributed by atoms with Crippen LogP contribution < -0.4 is 0 Å². The smallest absolute Gasteiger partial charge is 0.210 e. The Hall–Kier alpha value is -1.05. The third-order valence-electron chi connectivity index (χ3n) is 3.74. The zero-order valence-electron chi connectivity index (χ0n) is 12.6. The average molecular weight is 263 g/mol. The molecule has 0 aromatic carbocycles. The summed E-state index contributed by atoms with van der Waals surface area (Å²) in [5.74, 6) is 0.682. The van der Waals surface area contributed by atoms with Gasteiger partial charge >= 0.3 is 0 Å². The second-order valence-electron chi connectivity index (χ2n) is 5.46. The molecule has 1 heterocycles. The van der Waals surface area contributed by atoms with E-state index < -0.39 is 0 Å². The van der Waals surface area contributed by atoms with Gasteiger partial charge in [-0.2, -0.15) is 0 Å². The summed E-state index contributed by atoms with van der Waals surface area (Å²) < 4.78 is 0. The first-order chi connectivity index (χ1) is 9.27. The third-order valence-corrected chi connectivity index (χ3v) is 3.74. The lowest BCUT2D eigenvalue weighted by molar-refractivity contribution is 0.440. The van der Waals surface area contributed by atoms with Crippen molar-refractivity contribution >= 4 is 0 Å². The topological polar surface area (TPSA) is 33.1 Å². The van der Waals surface area contributed by atoms with Crippen LogP contribution >= 0.6 is 0 Å². The van der Waals surface area contributed by atoms with Crippen LogP contribution in [0.15, 0.2) is 18.2 Å². The number of hydrogen-bond donors (Lipinski definition) is 1. The number of hydrogen-bond acceptors (Lipinski definition) is 2. The van der Waals surface area contributed by atoms with Crippen molar-refractivity contribution in [3.8, 4) is 5.88 Å². The Morgan fingerprint density at radius 2 is 1.58 bits per heavy atom. The van der Waals surface area contributed by atoms with Crippen LogP contribution in [0.2, 0.25) is 0 Å². The van der Waals surface area contributed by atoms with E-state index in [1.54, 1.807) is 6.07 Å². The highest BCUT2D eigenvalue weighted by molar-refractivity contribution is 5.17. The molecule has 1 N–H and O–H groups in total. The van der Waals surface area contributed by atoms with Crippen LogP contribution in [0.4, 0.5) is 0 Å². The van der Waals surface area contributed by atoms with Crippen LogP contribution in [0.1, 0.15) is 83.2 Å². The molecule has 1 atom stereocenters. The maximum Gasteiger partial charge on any atom is 0.210 e. The Labute approximate surface area is 118 Å². The lowest BCUT2D eigenvalue weighted by atomic mass is 9.91. The maximum absolute atomic E-state index is 9.53. The van der Waals surface area contributed by atoms with Crippen molar-refractivity contribution in [3.63, 3.8) is 0 Å². The molecule has 1 rings (SSSR count). The van der Waals surface area contributed by atoms with E-state index in [0.29, 0.717) is 5.92 Å². The van der Waals surface area contributed by atoms with Crippen molar-refractivity contribution in [2.45, 2.75) is 77.6 Å². The molecular formula is C17H29NO. The van der Waals surface area contributed by atoms with Crippen LogP contribution in [0.25, 0.3) is 0 Å². The Balaban J connectivity index is 2.52. The first kappa shape index (κ1) is 16.0. The van der Waals surface area contributed by atoms with Gasteiger partial charge in [-0.3, -0.25) is 0 Å². The highest BCUT2D eigenvalue weighted by Gasteiger charge is 2.13. The predicted molar refractivity (Wildman–Crippen MR) is 81.5 cm³/mol. The van der Waals surface area contributed by atoms with Crippen molar-refractivity contribution < 1.29 is 5.11 Å². The lowest BCUT2D eigenvalue weighted by Crippen LogP contribution is -2.02. The summed E-state index contributed by atoms with van der Waals surface area (Å²) in [7, 11) is 0. The molecule has 0 saturated carbocycles. The molecule has 19 heavy (non-hydrogen) atoms. The summed E-state index contributed by atoms with van der Waals surface area (Å²) >= 11 is 0. The second-order valence-corrected chi connectivity index (χ2v) is 5.46. The van der Waals surface area contributed by atoms with E-state index in [1.165, 1.54) is 57.8 Å². The third kappa shape index (κ3) is 6.60. The Morgan fingerprint density at radius 1 is 0.947 bits per heavy atom. The average Bonchev–Trinajstić information content (AvgIpc) is 2.41. The van der Waals surface area contributed by atoms with Crippen LogP contribution in [0, 0.1) is 0 Å². The fraction of sp³-hybridized carbons (Fsp3) is 0.706. The number of pyridine rings is 1. The van der Waals surface area contributed by atoms with Crippen LogP contribution in [0.5, 0.6) is 5.88 Å². The molecular weight excluding hydrogens is 234 g/mol. The van der Waals surface area contributed by atoms with Crippen molar-refractivity contribution in [2.24, 2.45) is 0 Å². The van der Waals surface area contributed by atoms with E-state index in [1.807, 2.05) is 6.07 Å². The van der Waals surface area contributed by atoms with E-state index in [0.717, 1.165) is 5.69 Å². The van der Waals surface area contributed by atoms with Gasteiger partial charge < -0.3 is 5.11 Å². The van der Waals surface area contributed by atoms with E-state index >= 15 is 0 Å². The fourth-order valence-corrected chi connectivity index (χ4v) is 2.57. The quantitative estimate of drug-likeness (QED) is 0.572. The molecule has 0 aliphatic heterocycles. The number of aromatic nitrogens is 1. The summed E-state index contributed by atoms with van der Waals surface area (Å²) in [6.45, 7) is 4.48. The van der Waals surface area contributed by atoms with E-state index in [-0.39, 0.29) is 5.88 Å². The molecule has 0 aliphatic carbocycles. The summed E-state index contributed by atoms with van der Waals surface area (Å²) in [4.78, 5) is 4.31. The zero-order valence-corrected chi connectivity index (χ0v) is 12.6. The van der Waals surface area contributed by atoms with Gasteiger partial charge in [0.15, 0.2) is 0 Å². The minimum Gasteiger partial charge on any atom is -0.493 e. The highest BCUT2D eigenvalue weighted by Crippen LogP contribution is 2.28. The summed E-state index contributed by atoms with van der Waals surface area (Å²) in [5.41, 5.74) is 1.08. The molecule has 0 fully saturated rings. The molecule has 0 radical (unpaired) electrons. The fourth-order valence-electron chi connectivity index (χ4n) is 2.57. The largest absolute Gasteiger partial charge is 0.493 e. The normalized spacial score (nSPS) is 12.5. The van der Waals surface area contributed by atoms with Gasteiger partial charge in [-0.25, -0.2) is 4.98 Å². The predicted octanol–water partition coefficient (Wildman–Crippen LogP) is 5.42. The SMILES string of the molecule is CCCCCCC(CCCCC)c1cccc(O)n1. The van der Waals surface area contributed by atoms with Crippen LogP contribution in [0.3, 0.4) is 0 Å². The molecule has 108 valence electrons. The molecule has 1 unspecified atom stereocenters. The number of rotatable bonds is 10. The first-order valence-corrected chi connectivity index (χ1v) is 7.93. The molecule has 1 aromatic heterocycles. The van der Waals surface area contributed by atoms with Crippen LogP contribution in [-0.2, 0) is 0 Å². The highest BCUT2D eigenvalue weighted by atomic mass is 16.3. The van der Waals surface area contributed by atoms with Gasteiger partial charge in [-0.05, 0) is 18.9 Å². The lowest BCUT2D eigenvalue weighted by Gasteiger charge is -2.16. The maximum atomic E-state index is 9.53. The Kier molecular flexibility index (Phi) is 8.28. The minimum absolute atomic E-state index is 0.159.